The molecule has 0 aromatic carbocycles. The number of nitrogen functional groups attached to an aromatic ring is 1. The van der Waals surface area contributed by atoms with Crippen LogP contribution < -0.4 is 5.73 Å². The Morgan fingerprint density at radius 3 is 2.28 bits per heavy atom. The first-order valence-corrected chi connectivity index (χ1v) is 8.41. The molecule has 9 heteroatoms. The molecule has 1 rings (SSSR count). The van der Waals surface area contributed by atoms with Crippen LogP contribution in [0.5, 0.6) is 0 Å². The zero-order valence-corrected chi connectivity index (χ0v) is 15.7. The number of imide groups is 1. The molecular formula is C16H22N4O4S. The van der Waals surface area contributed by atoms with E-state index < -0.39 is 23.4 Å². The third kappa shape index (κ3) is 6.18. The average Bonchev–Trinajstić information content (AvgIpc) is 2.43. The van der Waals surface area contributed by atoms with Crippen LogP contribution in [0.4, 0.5) is 5.69 Å². The minimum atomic E-state index is -0.627. The van der Waals surface area contributed by atoms with Crippen molar-refractivity contribution in [3.63, 3.8) is 0 Å². The Morgan fingerprint density at radius 1 is 1.28 bits per heavy atom. The molecule has 0 unspecified atom stereocenters. The summed E-state index contributed by atoms with van der Waals surface area (Å²) in [4.78, 5) is 39.7. The van der Waals surface area contributed by atoms with Crippen LogP contribution in [0.3, 0.4) is 0 Å². The van der Waals surface area contributed by atoms with Gasteiger partial charge in [-0.1, -0.05) is 11.8 Å². The molecule has 0 saturated carbocycles. The Labute approximate surface area is 150 Å². The van der Waals surface area contributed by atoms with Crippen LogP contribution >= 0.6 is 11.8 Å². The Balaban J connectivity index is 2.82. The number of thioether (sulfide) groups is 1. The van der Waals surface area contributed by atoms with Crippen molar-refractivity contribution in [2.45, 2.75) is 46.0 Å². The molecule has 136 valence electrons. The molecule has 1 heterocycles. The lowest BCUT2D eigenvalue weighted by Crippen LogP contribution is -2.36. The Hall–Kier alpha value is -2.42. The number of hydrogen-bond donors (Lipinski definition) is 2. The first-order chi connectivity index (χ1) is 11.4. The summed E-state index contributed by atoms with van der Waals surface area (Å²) in [6.45, 7) is 7.69. The highest BCUT2D eigenvalue weighted by Gasteiger charge is 2.21. The minimum Gasteiger partial charge on any atom is -0.456 e. The van der Waals surface area contributed by atoms with Crippen molar-refractivity contribution < 1.29 is 19.1 Å². The summed E-state index contributed by atoms with van der Waals surface area (Å²) in [5.74, 6) is -1.42. The van der Waals surface area contributed by atoms with E-state index in [9.17, 15) is 14.4 Å². The highest BCUT2D eigenvalue weighted by Crippen LogP contribution is 2.21. The van der Waals surface area contributed by atoms with E-state index in [2.05, 4.69) is 4.98 Å². The standard InChI is InChI=1S/C16H22N4O4S/c1-9(21)20(10(2)22)15(18)25-8-13-12(17)6-11(7-19-13)14(23)24-16(3,4)5/h6-7,18H,8,17H2,1-5H3. The Bertz CT molecular complexity index is 699. The second kappa shape index (κ2) is 8.11. The van der Waals surface area contributed by atoms with E-state index in [0.717, 1.165) is 16.7 Å². The summed E-state index contributed by atoms with van der Waals surface area (Å²) >= 11 is 0.942. The maximum atomic E-state index is 12.0. The molecule has 3 N–H and O–H groups in total. The molecule has 1 aromatic rings. The lowest BCUT2D eigenvalue weighted by molar-refractivity contribution is -0.136. The van der Waals surface area contributed by atoms with Crippen molar-refractivity contribution in [2.75, 3.05) is 5.73 Å². The number of anilines is 1. The fourth-order valence-corrected chi connectivity index (χ4v) is 2.69. The quantitative estimate of drug-likeness (QED) is 0.477. The van der Waals surface area contributed by atoms with Crippen LogP contribution in [0.25, 0.3) is 0 Å². The van der Waals surface area contributed by atoms with Crippen LogP contribution in [0, 0.1) is 5.41 Å². The average molecular weight is 366 g/mol. The molecular weight excluding hydrogens is 344 g/mol. The Morgan fingerprint density at radius 2 is 1.84 bits per heavy atom. The molecule has 25 heavy (non-hydrogen) atoms. The predicted molar refractivity (Wildman–Crippen MR) is 96.0 cm³/mol. The highest BCUT2D eigenvalue weighted by molar-refractivity contribution is 8.13. The molecule has 0 bridgehead atoms. The highest BCUT2D eigenvalue weighted by atomic mass is 32.2. The first-order valence-electron chi connectivity index (χ1n) is 7.42. The van der Waals surface area contributed by atoms with Gasteiger partial charge in [-0.2, -0.15) is 0 Å². The van der Waals surface area contributed by atoms with E-state index in [-0.39, 0.29) is 22.2 Å². The molecule has 2 amide bonds. The van der Waals surface area contributed by atoms with Gasteiger partial charge in [-0.05, 0) is 26.8 Å². The second-order valence-corrected chi connectivity index (χ2v) is 7.19. The number of hydrogen-bond acceptors (Lipinski definition) is 8. The molecule has 0 spiro atoms. The van der Waals surface area contributed by atoms with Gasteiger partial charge in [0.25, 0.3) is 0 Å². The Kier molecular flexibility index (Phi) is 6.69. The van der Waals surface area contributed by atoms with E-state index >= 15 is 0 Å². The van der Waals surface area contributed by atoms with E-state index in [1.54, 1.807) is 20.8 Å². The molecule has 0 aliphatic heterocycles. The zero-order valence-electron chi connectivity index (χ0n) is 14.9. The number of nitrogens with one attached hydrogen (secondary N) is 1. The fourth-order valence-electron chi connectivity index (χ4n) is 1.79. The fraction of sp³-hybridized carbons (Fsp3) is 0.438. The number of pyridine rings is 1. The van der Waals surface area contributed by atoms with Crippen LogP contribution in [-0.2, 0) is 20.1 Å². The monoisotopic (exact) mass is 366 g/mol. The molecule has 0 aliphatic carbocycles. The van der Waals surface area contributed by atoms with Crippen LogP contribution in [0.2, 0.25) is 0 Å². The summed E-state index contributed by atoms with van der Waals surface area (Å²) in [5, 5.41) is 7.63. The summed E-state index contributed by atoms with van der Waals surface area (Å²) in [6.07, 6.45) is 1.34. The normalized spacial score (nSPS) is 10.9. The van der Waals surface area contributed by atoms with Gasteiger partial charge in [0.05, 0.1) is 16.9 Å². The van der Waals surface area contributed by atoms with Gasteiger partial charge in [-0.15, -0.1) is 0 Å². The minimum absolute atomic E-state index is 0.177. The van der Waals surface area contributed by atoms with Crippen molar-refractivity contribution in [1.29, 1.82) is 5.41 Å². The third-order valence-electron chi connectivity index (χ3n) is 2.82. The van der Waals surface area contributed by atoms with Crippen molar-refractivity contribution in [1.82, 2.24) is 9.88 Å². The molecule has 0 saturated heterocycles. The van der Waals surface area contributed by atoms with Gasteiger partial charge in [-0.25, -0.2) is 9.69 Å². The van der Waals surface area contributed by atoms with Gasteiger partial charge in [0.2, 0.25) is 11.8 Å². The number of amidine groups is 1. The maximum Gasteiger partial charge on any atom is 0.340 e. The lowest BCUT2D eigenvalue weighted by atomic mass is 10.2. The zero-order chi connectivity index (χ0) is 19.4. The van der Waals surface area contributed by atoms with E-state index in [4.69, 9.17) is 15.9 Å². The predicted octanol–water partition coefficient (Wildman–Crippen LogP) is 2.18. The smallest absolute Gasteiger partial charge is 0.340 e. The summed E-state index contributed by atoms with van der Waals surface area (Å²) in [6, 6.07) is 1.45. The molecule has 0 fully saturated rings. The molecule has 1 aromatic heterocycles. The van der Waals surface area contributed by atoms with Crippen LogP contribution in [0.15, 0.2) is 12.3 Å². The number of amides is 2. The summed E-state index contributed by atoms with van der Waals surface area (Å²) in [5.41, 5.74) is 6.21. The number of ether oxygens (including phenoxy) is 1. The van der Waals surface area contributed by atoms with Gasteiger partial charge in [0.1, 0.15) is 5.60 Å². The number of esters is 1. The number of carbonyl (C=O) groups is 3. The molecule has 8 nitrogen and oxygen atoms in total. The van der Waals surface area contributed by atoms with Gasteiger partial charge < -0.3 is 10.5 Å². The van der Waals surface area contributed by atoms with Crippen molar-refractivity contribution in [2.24, 2.45) is 0 Å². The first kappa shape index (κ1) is 20.6. The van der Waals surface area contributed by atoms with Gasteiger partial charge in [0, 0.05) is 25.8 Å². The number of nitrogens with two attached hydrogens (primary N) is 1. The summed E-state index contributed by atoms with van der Waals surface area (Å²) < 4.78 is 5.25. The second-order valence-electron chi connectivity index (χ2n) is 6.23. The van der Waals surface area contributed by atoms with E-state index in [0.29, 0.717) is 5.69 Å². The van der Waals surface area contributed by atoms with Crippen molar-refractivity contribution >= 4 is 40.4 Å². The van der Waals surface area contributed by atoms with Crippen LogP contribution in [-0.4, -0.2) is 38.4 Å². The number of nitrogens with zero attached hydrogens (tertiary/aromatic N) is 2. The largest absolute Gasteiger partial charge is 0.456 e. The van der Waals surface area contributed by atoms with Gasteiger partial charge in [-0.3, -0.25) is 20.0 Å². The molecule has 0 aliphatic rings. The maximum absolute atomic E-state index is 12.0. The third-order valence-corrected chi connectivity index (χ3v) is 3.69. The van der Waals surface area contributed by atoms with Gasteiger partial charge in [0.15, 0.2) is 5.17 Å². The lowest BCUT2D eigenvalue weighted by Gasteiger charge is -2.19. The van der Waals surface area contributed by atoms with E-state index in [1.807, 2.05) is 0 Å². The summed E-state index contributed by atoms with van der Waals surface area (Å²) in [7, 11) is 0. The van der Waals surface area contributed by atoms with Crippen molar-refractivity contribution in [3.05, 3.63) is 23.5 Å². The van der Waals surface area contributed by atoms with E-state index in [1.165, 1.54) is 26.1 Å². The topological polar surface area (TPSA) is 126 Å². The molecule has 0 atom stereocenters. The van der Waals surface area contributed by atoms with Gasteiger partial charge >= 0.3 is 5.97 Å². The number of carbonyl (C=O) groups excluding carboxylic acids is 3. The molecule has 0 radical (unpaired) electrons. The number of aromatic nitrogens is 1. The SMILES string of the molecule is CC(=O)N(C(=N)SCc1ncc(C(=O)OC(C)(C)C)cc1N)C(C)=O. The van der Waals surface area contributed by atoms with Crippen molar-refractivity contribution in [3.8, 4) is 0 Å². The van der Waals surface area contributed by atoms with Crippen LogP contribution in [0.1, 0.15) is 50.7 Å². The number of rotatable bonds is 3.